The summed E-state index contributed by atoms with van der Waals surface area (Å²) in [7, 11) is 4.87. The smallest absolute Gasteiger partial charge is 0.323 e. The van der Waals surface area contributed by atoms with E-state index in [0.29, 0.717) is 0 Å². The number of carboxylic acid groups (broad SMARTS) is 1. The number of hydrogen-bond acceptors (Lipinski definition) is 13. The van der Waals surface area contributed by atoms with Crippen molar-refractivity contribution in [3.63, 3.8) is 0 Å². The van der Waals surface area contributed by atoms with Crippen LogP contribution in [-0.4, -0.2) is 143 Å². The lowest BCUT2D eigenvalue weighted by atomic mass is 10.2. The number of rotatable bonds is 20. The second kappa shape index (κ2) is 19.5. The minimum Gasteiger partial charge on any atom is -0.480 e. The molecule has 1 atom stereocenters. The van der Waals surface area contributed by atoms with Crippen LogP contribution in [0, 0.1) is 0 Å². The summed E-state index contributed by atoms with van der Waals surface area (Å²) in [5.74, 6) is -3.51. The first-order chi connectivity index (χ1) is 19.1. The summed E-state index contributed by atoms with van der Waals surface area (Å²) in [5, 5.41) is 9.91. The first-order valence-electron chi connectivity index (χ1n) is 12.4. The first kappa shape index (κ1) is 34.4. The molecule has 0 amide bonds. The largest absolute Gasteiger partial charge is 0.480 e. The van der Waals surface area contributed by atoms with Gasteiger partial charge in [-0.25, -0.2) is 0 Å². The maximum atomic E-state index is 12.1. The molecule has 0 aromatic heterocycles. The molecule has 224 valence electrons. The second-order valence-corrected chi connectivity index (χ2v) is 8.62. The zero-order valence-electron chi connectivity index (χ0n) is 23.4. The van der Waals surface area contributed by atoms with E-state index >= 15 is 0 Å². The van der Waals surface area contributed by atoms with Crippen LogP contribution in [0.2, 0.25) is 0 Å². The van der Waals surface area contributed by atoms with Gasteiger partial charge in [0.15, 0.2) is 0 Å². The van der Waals surface area contributed by atoms with Crippen LogP contribution in [-0.2, 0) is 54.3 Å². The number of benzene rings is 1. The van der Waals surface area contributed by atoms with E-state index in [1.807, 2.05) is 30.3 Å². The van der Waals surface area contributed by atoms with Crippen LogP contribution in [0.5, 0.6) is 0 Å². The zero-order chi connectivity index (χ0) is 29.9. The number of ether oxygens (including phenoxy) is 5. The lowest BCUT2D eigenvalue weighted by molar-refractivity contribution is -0.151. The Bertz CT molecular complexity index is 927. The predicted octanol–water partition coefficient (Wildman–Crippen LogP) is -0.746. The van der Waals surface area contributed by atoms with Crippen molar-refractivity contribution in [3.8, 4) is 0 Å². The molecule has 1 rings (SSSR count). The topological polar surface area (TPSA) is 161 Å². The van der Waals surface area contributed by atoms with Crippen LogP contribution in [0.4, 0.5) is 0 Å². The normalized spacial score (nSPS) is 11.8. The number of nitrogens with zero attached hydrogens (tertiary/aromatic N) is 3. The molecule has 0 aliphatic heterocycles. The predicted molar refractivity (Wildman–Crippen MR) is 140 cm³/mol. The number of carboxylic acids is 1. The van der Waals surface area contributed by atoms with Crippen LogP contribution in [0.3, 0.4) is 0 Å². The summed E-state index contributed by atoms with van der Waals surface area (Å²) in [5.41, 5.74) is 0.860. The van der Waals surface area contributed by atoms with E-state index in [2.05, 4.69) is 9.47 Å². The van der Waals surface area contributed by atoms with Gasteiger partial charge in [-0.3, -0.25) is 38.7 Å². The third kappa shape index (κ3) is 14.0. The number of carbonyl (C=O) groups excluding carboxylic acids is 4. The van der Waals surface area contributed by atoms with Gasteiger partial charge in [-0.15, -0.1) is 0 Å². The third-order valence-corrected chi connectivity index (χ3v) is 5.85. The molecule has 1 aromatic rings. The van der Waals surface area contributed by atoms with Gasteiger partial charge in [-0.2, -0.15) is 0 Å². The molecular formula is C26H39N3O11. The average Bonchev–Trinajstić information content (AvgIpc) is 2.95. The fourth-order valence-corrected chi connectivity index (χ4v) is 3.55. The van der Waals surface area contributed by atoms with Crippen molar-refractivity contribution in [2.24, 2.45) is 0 Å². The Hall–Kier alpha value is -3.59. The summed E-state index contributed by atoms with van der Waals surface area (Å²) < 4.78 is 24.5. The molecule has 0 saturated carbocycles. The highest BCUT2D eigenvalue weighted by Crippen LogP contribution is 2.07. The molecule has 0 radical (unpaired) electrons. The highest BCUT2D eigenvalue weighted by Gasteiger charge is 2.29. The molecule has 0 bridgehead atoms. The Morgan fingerprint density at radius 3 is 1.62 bits per heavy atom. The van der Waals surface area contributed by atoms with Crippen molar-refractivity contribution in [1.82, 2.24) is 14.7 Å². The van der Waals surface area contributed by atoms with Gasteiger partial charge < -0.3 is 28.8 Å². The molecule has 0 aliphatic carbocycles. The molecule has 0 saturated heterocycles. The van der Waals surface area contributed by atoms with Crippen molar-refractivity contribution in [2.45, 2.75) is 12.6 Å². The maximum absolute atomic E-state index is 12.1. The molecule has 0 heterocycles. The fourth-order valence-electron chi connectivity index (χ4n) is 3.55. The molecular weight excluding hydrogens is 530 g/mol. The number of carbonyl (C=O) groups is 5. The Morgan fingerprint density at radius 2 is 1.12 bits per heavy atom. The Balaban J connectivity index is 2.98. The summed E-state index contributed by atoms with van der Waals surface area (Å²) in [4.78, 5) is 64.5. The number of hydrogen-bond donors (Lipinski definition) is 1. The van der Waals surface area contributed by atoms with E-state index in [4.69, 9.17) is 14.2 Å². The molecule has 40 heavy (non-hydrogen) atoms. The van der Waals surface area contributed by atoms with E-state index < -0.39 is 35.9 Å². The Labute approximate surface area is 233 Å². The van der Waals surface area contributed by atoms with Crippen molar-refractivity contribution >= 4 is 29.8 Å². The van der Waals surface area contributed by atoms with E-state index in [0.717, 1.165) is 5.56 Å². The van der Waals surface area contributed by atoms with Gasteiger partial charge >= 0.3 is 29.8 Å². The lowest BCUT2D eigenvalue weighted by Gasteiger charge is -2.31. The Kier molecular flexibility index (Phi) is 16.8. The summed E-state index contributed by atoms with van der Waals surface area (Å²) in [6, 6.07) is 8.03. The fraction of sp³-hybridized carbons (Fsp3) is 0.577. The summed E-state index contributed by atoms with van der Waals surface area (Å²) >= 11 is 0. The third-order valence-electron chi connectivity index (χ3n) is 5.85. The number of methoxy groups -OCH3 is 4. The SMILES string of the molecule is COC(=O)CN(CCN(CC(=O)OC)CC(=O)OC)CCN(CC(=O)OC)[C@@H](COCc1ccccc1)C(=O)O. The van der Waals surface area contributed by atoms with Gasteiger partial charge in [0.05, 0.1) is 67.8 Å². The van der Waals surface area contributed by atoms with Crippen LogP contribution in [0.1, 0.15) is 5.56 Å². The molecule has 0 spiro atoms. The van der Waals surface area contributed by atoms with Crippen LogP contribution >= 0.6 is 0 Å². The monoisotopic (exact) mass is 569 g/mol. The first-order valence-corrected chi connectivity index (χ1v) is 12.4. The van der Waals surface area contributed by atoms with E-state index in [1.54, 1.807) is 4.90 Å². The second-order valence-electron chi connectivity index (χ2n) is 8.62. The van der Waals surface area contributed by atoms with Crippen LogP contribution in [0.25, 0.3) is 0 Å². The molecule has 0 fully saturated rings. The minimum absolute atomic E-state index is 0.0474. The van der Waals surface area contributed by atoms with Crippen molar-refractivity contribution in [2.75, 3.05) is 87.4 Å². The van der Waals surface area contributed by atoms with E-state index in [9.17, 15) is 29.1 Å². The minimum atomic E-state index is -1.20. The average molecular weight is 570 g/mol. The van der Waals surface area contributed by atoms with Gasteiger partial charge in [0.1, 0.15) is 6.04 Å². The van der Waals surface area contributed by atoms with E-state index in [1.165, 1.54) is 38.2 Å². The van der Waals surface area contributed by atoms with Crippen molar-refractivity contribution in [1.29, 1.82) is 0 Å². The quantitative estimate of drug-likeness (QED) is 0.154. The van der Waals surface area contributed by atoms with E-state index in [-0.39, 0.29) is 65.6 Å². The standard InChI is InChI=1S/C26H39N3O11/c1-36-22(30)14-27(10-11-28(15-23(31)37-2)16-24(32)38-3)12-13-29(17-25(33)39-4)21(26(34)35)19-40-18-20-8-6-5-7-9-20/h5-9,21H,10-19H2,1-4H3,(H,34,35)/t21-/m0/s1. The van der Waals surface area contributed by atoms with Crippen LogP contribution in [0.15, 0.2) is 30.3 Å². The van der Waals surface area contributed by atoms with Gasteiger partial charge in [0.25, 0.3) is 0 Å². The highest BCUT2D eigenvalue weighted by molar-refractivity contribution is 5.76. The number of aliphatic carboxylic acids is 1. The zero-order valence-corrected chi connectivity index (χ0v) is 23.4. The molecule has 1 aromatic carbocycles. The Morgan fingerprint density at radius 1 is 0.675 bits per heavy atom. The van der Waals surface area contributed by atoms with Gasteiger partial charge in [-0.1, -0.05) is 30.3 Å². The van der Waals surface area contributed by atoms with Crippen molar-refractivity contribution in [3.05, 3.63) is 35.9 Å². The molecule has 14 nitrogen and oxygen atoms in total. The molecule has 0 unspecified atom stereocenters. The lowest BCUT2D eigenvalue weighted by Crippen LogP contribution is -2.51. The van der Waals surface area contributed by atoms with Crippen LogP contribution < -0.4 is 0 Å². The summed E-state index contributed by atoms with van der Waals surface area (Å²) in [6.07, 6.45) is 0. The van der Waals surface area contributed by atoms with Gasteiger partial charge in [0.2, 0.25) is 0 Å². The summed E-state index contributed by atoms with van der Waals surface area (Å²) in [6.45, 7) is -0.341. The maximum Gasteiger partial charge on any atom is 0.323 e. The van der Waals surface area contributed by atoms with Crippen molar-refractivity contribution < 1.29 is 52.8 Å². The highest BCUT2D eigenvalue weighted by atomic mass is 16.5. The molecule has 14 heteroatoms. The molecule has 1 N–H and O–H groups in total. The molecule has 0 aliphatic rings. The number of esters is 4. The van der Waals surface area contributed by atoms with Gasteiger partial charge in [-0.05, 0) is 5.56 Å². The van der Waals surface area contributed by atoms with Gasteiger partial charge in [0, 0.05) is 26.2 Å².